The largest absolute Gasteiger partial charge is 0.277 e. The molecule has 2 aromatic carbocycles. The highest BCUT2D eigenvalue weighted by Gasteiger charge is 2.21. The second kappa shape index (κ2) is 6.16. The molecule has 128 valence electrons. The number of fused-ring (bicyclic) bond motifs is 1. The van der Waals surface area contributed by atoms with E-state index in [-0.39, 0.29) is 4.90 Å². The van der Waals surface area contributed by atoms with Crippen LogP contribution in [0.4, 0.5) is 5.69 Å². The van der Waals surface area contributed by atoms with E-state index in [2.05, 4.69) is 14.8 Å². The average Bonchev–Trinajstić information content (AvgIpc) is 3.25. The number of nitrogens with zero attached hydrogens (tertiary/aromatic N) is 3. The minimum absolute atomic E-state index is 0.248. The van der Waals surface area contributed by atoms with Crippen LogP contribution in [0.5, 0.6) is 0 Å². The summed E-state index contributed by atoms with van der Waals surface area (Å²) < 4.78 is 29.7. The molecule has 1 N–H and O–H groups in total. The lowest BCUT2D eigenvalue weighted by molar-refractivity contribution is 0.601. The number of aromatic nitrogens is 3. The molecule has 0 aliphatic heterocycles. The molecule has 1 aromatic heterocycles. The van der Waals surface area contributed by atoms with Gasteiger partial charge in [0.2, 0.25) is 0 Å². The number of anilines is 1. The van der Waals surface area contributed by atoms with Gasteiger partial charge in [-0.25, -0.2) is 18.1 Å². The Balaban J connectivity index is 1.74. The number of hydrogen-bond acceptors (Lipinski definition) is 4. The molecule has 1 heterocycles. The van der Waals surface area contributed by atoms with Crippen molar-refractivity contribution in [3.63, 3.8) is 0 Å². The molecule has 4 rings (SSSR count). The predicted octanol–water partition coefficient (Wildman–Crippen LogP) is 3.21. The number of nitrogens with one attached hydrogen (secondary N) is 1. The molecule has 25 heavy (non-hydrogen) atoms. The van der Waals surface area contributed by atoms with E-state index in [9.17, 15) is 8.42 Å². The molecule has 0 amide bonds. The first-order chi connectivity index (χ1) is 12.0. The summed E-state index contributed by atoms with van der Waals surface area (Å²) in [5.74, 6) is 0. The predicted molar refractivity (Wildman–Crippen MR) is 95.6 cm³/mol. The monoisotopic (exact) mass is 374 g/mol. The summed E-state index contributed by atoms with van der Waals surface area (Å²) >= 11 is 6.25. The molecule has 3 aromatic rings. The molecule has 0 saturated carbocycles. The van der Waals surface area contributed by atoms with Gasteiger partial charge in [-0.1, -0.05) is 23.7 Å². The van der Waals surface area contributed by atoms with Crippen LogP contribution in [0.3, 0.4) is 0 Å². The summed E-state index contributed by atoms with van der Waals surface area (Å²) in [4.78, 5) is 4.14. The van der Waals surface area contributed by atoms with Crippen molar-refractivity contribution < 1.29 is 8.42 Å². The van der Waals surface area contributed by atoms with Gasteiger partial charge < -0.3 is 0 Å². The summed E-state index contributed by atoms with van der Waals surface area (Å²) in [6, 6.07) is 10.3. The van der Waals surface area contributed by atoms with Crippen LogP contribution < -0.4 is 4.72 Å². The van der Waals surface area contributed by atoms with Crippen LogP contribution in [0.1, 0.15) is 17.5 Å². The van der Waals surface area contributed by atoms with E-state index in [1.807, 2.05) is 6.07 Å². The number of hydrogen-bond donors (Lipinski definition) is 1. The number of sulfonamides is 1. The number of aryl methyl sites for hydroxylation is 2. The molecular weight excluding hydrogens is 360 g/mol. The Hall–Kier alpha value is -2.38. The van der Waals surface area contributed by atoms with Crippen molar-refractivity contribution in [2.24, 2.45) is 0 Å². The van der Waals surface area contributed by atoms with E-state index < -0.39 is 10.0 Å². The third-order valence-corrected chi connectivity index (χ3v) is 5.93. The quantitative estimate of drug-likeness (QED) is 0.760. The van der Waals surface area contributed by atoms with Gasteiger partial charge in [0.05, 0.1) is 15.6 Å². The number of rotatable bonds is 4. The number of benzene rings is 2. The molecule has 8 heteroatoms. The van der Waals surface area contributed by atoms with Gasteiger partial charge in [-0.3, -0.25) is 4.72 Å². The van der Waals surface area contributed by atoms with Crippen molar-refractivity contribution in [3.05, 3.63) is 65.2 Å². The SMILES string of the molecule is O=S(=O)(Nc1cccc(Cl)c1-n1cncn1)c1ccc2c(c1)CCC2. The lowest BCUT2D eigenvalue weighted by Gasteiger charge is -2.14. The highest BCUT2D eigenvalue weighted by molar-refractivity contribution is 7.92. The smallest absolute Gasteiger partial charge is 0.261 e. The summed E-state index contributed by atoms with van der Waals surface area (Å²) in [7, 11) is -3.74. The first-order valence-electron chi connectivity index (χ1n) is 7.83. The first kappa shape index (κ1) is 16.1. The molecule has 0 unspecified atom stereocenters. The summed E-state index contributed by atoms with van der Waals surface area (Å²) in [6.07, 6.45) is 5.82. The standard InChI is InChI=1S/C17H15ClN4O2S/c18-15-5-2-6-16(17(15)22-11-19-10-20-22)21-25(23,24)14-8-7-12-3-1-4-13(12)9-14/h2,5-11,21H,1,3-4H2. The van der Waals surface area contributed by atoms with Gasteiger partial charge >= 0.3 is 0 Å². The zero-order valence-electron chi connectivity index (χ0n) is 13.2. The maximum atomic E-state index is 12.8. The van der Waals surface area contributed by atoms with Gasteiger partial charge in [0, 0.05) is 0 Å². The van der Waals surface area contributed by atoms with Gasteiger partial charge in [0.25, 0.3) is 10.0 Å². The average molecular weight is 375 g/mol. The molecule has 6 nitrogen and oxygen atoms in total. The fraction of sp³-hybridized carbons (Fsp3) is 0.176. The van der Waals surface area contributed by atoms with E-state index >= 15 is 0 Å². The number of halogens is 1. The third kappa shape index (κ3) is 3.01. The van der Waals surface area contributed by atoms with Crippen molar-refractivity contribution in [2.75, 3.05) is 4.72 Å². The molecule has 0 atom stereocenters. The van der Waals surface area contributed by atoms with Gasteiger partial charge in [-0.2, -0.15) is 5.10 Å². The minimum Gasteiger partial charge on any atom is -0.277 e. The van der Waals surface area contributed by atoms with Crippen LogP contribution in [-0.2, 0) is 22.9 Å². The Morgan fingerprint density at radius 1 is 1.12 bits per heavy atom. The molecule has 1 aliphatic rings. The van der Waals surface area contributed by atoms with E-state index in [0.29, 0.717) is 16.4 Å². The topological polar surface area (TPSA) is 76.9 Å². The maximum absolute atomic E-state index is 12.8. The minimum atomic E-state index is -3.74. The zero-order valence-corrected chi connectivity index (χ0v) is 14.8. The van der Waals surface area contributed by atoms with Gasteiger partial charge in [0.15, 0.2) is 0 Å². The molecule has 1 aliphatic carbocycles. The Kier molecular flexibility index (Phi) is 3.97. The Morgan fingerprint density at radius 2 is 1.96 bits per heavy atom. The van der Waals surface area contributed by atoms with E-state index in [1.165, 1.54) is 22.9 Å². The van der Waals surface area contributed by atoms with E-state index in [0.717, 1.165) is 24.8 Å². The van der Waals surface area contributed by atoms with Crippen LogP contribution in [0.25, 0.3) is 5.69 Å². The Bertz CT molecular complexity index is 1030. The normalized spacial score (nSPS) is 13.6. The fourth-order valence-corrected chi connectivity index (χ4v) is 4.45. The Labute approximate surface area is 150 Å². The van der Waals surface area contributed by atoms with Gasteiger partial charge in [0.1, 0.15) is 18.3 Å². The molecular formula is C17H15ClN4O2S. The number of para-hydroxylation sites is 1. The van der Waals surface area contributed by atoms with E-state index in [1.54, 1.807) is 30.3 Å². The summed E-state index contributed by atoms with van der Waals surface area (Å²) in [6.45, 7) is 0. The van der Waals surface area contributed by atoms with Crippen LogP contribution in [0.15, 0.2) is 53.9 Å². The van der Waals surface area contributed by atoms with Crippen molar-refractivity contribution >= 4 is 27.3 Å². The highest BCUT2D eigenvalue weighted by atomic mass is 35.5. The molecule has 0 fully saturated rings. The summed E-state index contributed by atoms with van der Waals surface area (Å²) in [5, 5.41) is 4.42. The van der Waals surface area contributed by atoms with Gasteiger partial charge in [-0.15, -0.1) is 0 Å². The second-order valence-corrected chi connectivity index (χ2v) is 7.96. The molecule has 0 saturated heterocycles. The van der Waals surface area contributed by atoms with Crippen molar-refractivity contribution in [3.8, 4) is 5.69 Å². The van der Waals surface area contributed by atoms with Crippen LogP contribution >= 0.6 is 11.6 Å². The second-order valence-electron chi connectivity index (χ2n) is 5.87. The molecule has 0 spiro atoms. The lowest BCUT2D eigenvalue weighted by atomic mass is 10.1. The molecule has 0 radical (unpaired) electrons. The fourth-order valence-electron chi connectivity index (χ4n) is 3.07. The zero-order chi connectivity index (χ0) is 17.4. The van der Waals surface area contributed by atoms with Crippen LogP contribution in [0.2, 0.25) is 5.02 Å². The first-order valence-corrected chi connectivity index (χ1v) is 9.69. The van der Waals surface area contributed by atoms with Gasteiger partial charge in [-0.05, 0) is 54.7 Å². The third-order valence-electron chi connectivity index (χ3n) is 4.26. The molecule has 0 bridgehead atoms. The van der Waals surface area contributed by atoms with E-state index in [4.69, 9.17) is 11.6 Å². The summed E-state index contributed by atoms with van der Waals surface area (Å²) in [5.41, 5.74) is 3.11. The van der Waals surface area contributed by atoms with Crippen LogP contribution in [0, 0.1) is 0 Å². The van der Waals surface area contributed by atoms with Crippen molar-refractivity contribution in [1.82, 2.24) is 14.8 Å². The van der Waals surface area contributed by atoms with Crippen LogP contribution in [-0.4, -0.2) is 23.2 Å². The lowest BCUT2D eigenvalue weighted by Crippen LogP contribution is -2.15. The highest BCUT2D eigenvalue weighted by Crippen LogP contribution is 2.30. The van der Waals surface area contributed by atoms with Crippen molar-refractivity contribution in [1.29, 1.82) is 0 Å². The maximum Gasteiger partial charge on any atom is 0.261 e. The Morgan fingerprint density at radius 3 is 2.76 bits per heavy atom. The van der Waals surface area contributed by atoms with Crippen molar-refractivity contribution in [2.45, 2.75) is 24.2 Å².